The number of ether oxygens (including phenoxy) is 4. The van der Waals surface area contributed by atoms with Gasteiger partial charge < -0.3 is 33.9 Å². The zero-order valence-electron chi connectivity index (χ0n) is 26.7. The van der Waals surface area contributed by atoms with Crippen molar-refractivity contribution in [3.05, 3.63) is 0 Å². The lowest BCUT2D eigenvalue weighted by Gasteiger charge is -2.47. The van der Waals surface area contributed by atoms with Crippen molar-refractivity contribution < 1.29 is 33.6 Å². The highest BCUT2D eigenvalue weighted by Crippen LogP contribution is 2.38. The molecule has 0 aromatic carbocycles. The van der Waals surface area contributed by atoms with Crippen molar-refractivity contribution in [2.45, 2.75) is 96.7 Å². The Bertz CT molecular complexity index is 879. The lowest BCUT2D eigenvalue weighted by Crippen LogP contribution is -2.59. The first-order chi connectivity index (χ1) is 18.5. The minimum Gasteiger partial charge on any atom is -0.463 e. The second-order valence-electron chi connectivity index (χ2n) is 13.8. The standard InChI is InChI=1S/C30H55N3O7/c1-18-13-30(6,37-11)26(40-27-24(34)22(31(7)8)12-19(2)39-27)20(3)25(35)29(4,5)28(36)38-17-23(33(10)14-18)21-15-32(9)16-21/h18-24,26-27,34H,12-17H2,1-11H3/t18-,19-,20+,22+,23?,24-,26-,27+,30-/m1/s1. The van der Waals surface area contributed by atoms with E-state index in [1.165, 1.54) is 0 Å². The molecule has 232 valence electrons. The molecule has 3 fully saturated rings. The summed E-state index contributed by atoms with van der Waals surface area (Å²) >= 11 is 0. The summed E-state index contributed by atoms with van der Waals surface area (Å²) in [4.78, 5) is 34.0. The molecule has 0 radical (unpaired) electrons. The number of aliphatic hydroxyl groups is 1. The third-order valence-electron chi connectivity index (χ3n) is 9.56. The van der Waals surface area contributed by atoms with Crippen molar-refractivity contribution in [1.29, 1.82) is 0 Å². The third kappa shape index (κ3) is 7.07. The van der Waals surface area contributed by atoms with Crippen LogP contribution in [0.2, 0.25) is 0 Å². The Kier molecular flexibility index (Phi) is 10.9. The van der Waals surface area contributed by atoms with Gasteiger partial charge in [-0.15, -0.1) is 0 Å². The number of carbonyl (C=O) groups excluding carboxylic acids is 2. The average molecular weight is 570 g/mol. The summed E-state index contributed by atoms with van der Waals surface area (Å²) in [7, 11) is 9.66. The number of carbonyl (C=O) groups is 2. The Hall–Kier alpha value is -1.14. The van der Waals surface area contributed by atoms with E-state index >= 15 is 0 Å². The van der Waals surface area contributed by atoms with Crippen LogP contribution in [-0.2, 0) is 28.5 Å². The van der Waals surface area contributed by atoms with E-state index in [1.54, 1.807) is 27.9 Å². The molecule has 3 heterocycles. The van der Waals surface area contributed by atoms with E-state index in [4.69, 9.17) is 18.9 Å². The molecular formula is C30H55N3O7. The van der Waals surface area contributed by atoms with Gasteiger partial charge in [0.2, 0.25) is 0 Å². The fourth-order valence-electron chi connectivity index (χ4n) is 7.05. The van der Waals surface area contributed by atoms with Gasteiger partial charge in [0, 0.05) is 50.7 Å². The van der Waals surface area contributed by atoms with Crippen LogP contribution in [0.15, 0.2) is 0 Å². The van der Waals surface area contributed by atoms with E-state index < -0.39 is 41.4 Å². The number of ketones is 1. The van der Waals surface area contributed by atoms with E-state index in [2.05, 4.69) is 30.8 Å². The molecular weight excluding hydrogens is 514 g/mol. The highest BCUT2D eigenvalue weighted by atomic mass is 16.7. The second-order valence-corrected chi connectivity index (χ2v) is 13.8. The number of likely N-dealkylation sites (tertiary alicyclic amines) is 1. The summed E-state index contributed by atoms with van der Waals surface area (Å²) < 4.78 is 24.8. The summed E-state index contributed by atoms with van der Waals surface area (Å²) in [5.41, 5.74) is -2.28. The highest BCUT2D eigenvalue weighted by Gasteiger charge is 2.51. The van der Waals surface area contributed by atoms with Crippen LogP contribution in [0, 0.1) is 23.2 Å². The summed E-state index contributed by atoms with van der Waals surface area (Å²) in [5, 5.41) is 11.2. The minimum atomic E-state index is -1.39. The maximum Gasteiger partial charge on any atom is 0.319 e. The van der Waals surface area contributed by atoms with Crippen molar-refractivity contribution in [3.8, 4) is 0 Å². The zero-order valence-corrected chi connectivity index (χ0v) is 26.7. The van der Waals surface area contributed by atoms with Gasteiger partial charge in [0.05, 0.1) is 17.8 Å². The first-order valence-corrected chi connectivity index (χ1v) is 14.8. The van der Waals surface area contributed by atoms with Gasteiger partial charge in [-0.05, 0) is 74.6 Å². The van der Waals surface area contributed by atoms with Gasteiger partial charge in [-0.25, -0.2) is 0 Å². The van der Waals surface area contributed by atoms with Crippen LogP contribution in [-0.4, -0.2) is 135 Å². The zero-order chi connectivity index (χ0) is 30.2. The number of cyclic esters (lactones) is 1. The molecule has 10 heteroatoms. The molecule has 1 unspecified atom stereocenters. The molecule has 3 rings (SSSR count). The van der Waals surface area contributed by atoms with Gasteiger partial charge in [0.1, 0.15) is 18.1 Å². The highest BCUT2D eigenvalue weighted by molar-refractivity contribution is 6.04. The molecule has 1 N–H and O–H groups in total. The molecule has 0 aliphatic carbocycles. The van der Waals surface area contributed by atoms with E-state index in [0.29, 0.717) is 18.8 Å². The topological polar surface area (TPSA) is 101 Å². The number of esters is 1. The van der Waals surface area contributed by atoms with Crippen molar-refractivity contribution >= 4 is 11.8 Å². The summed E-state index contributed by atoms with van der Waals surface area (Å²) in [6, 6.07) is -0.104. The summed E-state index contributed by atoms with van der Waals surface area (Å²) in [5.74, 6) is -0.984. The average Bonchev–Trinajstić information content (AvgIpc) is 2.85. The van der Waals surface area contributed by atoms with Gasteiger partial charge in [0.25, 0.3) is 0 Å². The minimum absolute atomic E-state index is 0.0581. The number of aliphatic hydroxyl groups excluding tert-OH is 1. The SMILES string of the molecule is CO[C@]1(C)C[C@@H](C)CN(C)C(C2CN(C)C2)COC(=O)C(C)(C)C(=O)[C@H](C)[C@H]1O[C@@H]1O[C@H](C)C[C@H](N(C)C)[C@H]1O. The summed E-state index contributed by atoms with van der Waals surface area (Å²) in [6.45, 7) is 14.0. The monoisotopic (exact) mass is 569 g/mol. The van der Waals surface area contributed by atoms with Gasteiger partial charge in [0.15, 0.2) is 12.1 Å². The van der Waals surface area contributed by atoms with Crippen molar-refractivity contribution in [2.75, 3.05) is 61.5 Å². The van der Waals surface area contributed by atoms with Gasteiger partial charge in [-0.2, -0.15) is 0 Å². The fourth-order valence-corrected chi connectivity index (χ4v) is 7.05. The van der Waals surface area contributed by atoms with Crippen molar-refractivity contribution in [2.24, 2.45) is 23.2 Å². The van der Waals surface area contributed by atoms with E-state index in [1.807, 2.05) is 32.8 Å². The Labute approximate surface area is 241 Å². The van der Waals surface area contributed by atoms with Crippen LogP contribution in [0.3, 0.4) is 0 Å². The van der Waals surface area contributed by atoms with Crippen LogP contribution in [0.1, 0.15) is 54.4 Å². The van der Waals surface area contributed by atoms with Crippen LogP contribution >= 0.6 is 0 Å². The maximum absolute atomic E-state index is 14.1. The fraction of sp³-hybridized carbons (Fsp3) is 0.933. The summed E-state index contributed by atoms with van der Waals surface area (Å²) in [6.07, 6.45) is -1.52. The second kappa shape index (κ2) is 13.0. The molecule has 3 aliphatic rings. The Balaban J connectivity index is 1.98. The molecule has 0 amide bonds. The number of hydrogen-bond acceptors (Lipinski definition) is 10. The molecule has 0 spiro atoms. The normalized spacial score (nSPS) is 41.5. The number of likely N-dealkylation sites (N-methyl/N-ethyl adjacent to an activating group) is 2. The predicted molar refractivity (Wildman–Crippen MR) is 153 cm³/mol. The largest absolute Gasteiger partial charge is 0.463 e. The molecule has 0 aromatic heterocycles. The number of Topliss-reactive ketones (excluding diaryl/α,β-unsaturated/α-hetero) is 1. The number of hydrogen-bond donors (Lipinski definition) is 1. The van der Waals surface area contributed by atoms with Gasteiger partial charge >= 0.3 is 5.97 Å². The predicted octanol–water partition coefficient (Wildman–Crippen LogP) is 1.88. The van der Waals surface area contributed by atoms with Gasteiger partial charge in [-0.3, -0.25) is 14.5 Å². The van der Waals surface area contributed by atoms with Gasteiger partial charge in [-0.1, -0.05) is 13.8 Å². The Morgan fingerprint density at radius 2 is 1.68 bits per heavy atom. The van der Waals surface area contributed by atoms with Crippen molar-refractivity contribution in [1.82, 2.24) is 14.7 Å². The molecule has 3 aliphatic heterocycles. The molecule has 0 bridgehead atoms. The third-order valence-corrected chi connectivity index (χ3v) is 9.56. The van der Waals surface area contributed by atoms with Crippen molar-refractivity contribution in [3.63, 3.8) is 0 Å². The van der Waals surface area contributed by atoms with Crippen LogP contribution < -0.4 is 0 Å². The Morgan fingerprint density at radius 1 is 1.05 bits per heavy atom. The molecule has 0 saturated carbocycles. The lowest BCUT2D eigenvalue weighted by molar-refractivity contribution is -0.295. The van der Waals surface area contributed by atoms with E-state index in [0.717, 1.165) is 19.6 Å². The molecule has 9 atom stereocenters. The first-order valence-electron chi connectivity index (χ1n) is 14.8. The number of methoxy groups -OCH3 is 1. The maximum atomic E-state index is 14.1. The molecule has 0 aromatic rings. The Morgan fingerprint density at radius 3 is 2.23 bits per heavy atom. The number of rotatable bonds is 5. The number of nitrogens with zero attached hydrogens (tertiary/aromatic N) is 3. The van der Waals surface area contributed by atoms with E-state index in [9.17, 15) is 14.7 Å². The van der Waals surface area contributed by atoms with Crippen LogP contribution in [0.4, 0.5) is 0 Å². The quantitative estimate of drug-likeness (QED) is 0.390. The molecule has 3 saturated heterocycles. The molecule has 10 nitrogen and oxygen atoms in total. The van der Waals surface area contributed by atoms with Crippen LogP contribution in [0.25, 0.3) is 0 Å². The molecule has 40 heavy (non-hydrogen) atoms. The smallest absolute Gasteiger partial charge is 0.319 e. The van der Waals surface area contributed by atoms with E-state index in [-0.39, 0.29) is 36.5 Å². The van der Waals surface area contributed by atoms with Crippen LogP contribution in [0.5, 0.6) is 0 Å². The first kappa shape index (κ1) is 33.4. The lowest BCUT2D eigenvalue weighted by atomic mass is 9.74.